The highest BCUT2D eigenvalue weighted by molar-refractivity contribution is 5.39. The predicted molar refractivity (Wildman–Crippen MR) is 83.6 cm³/mol. The maximum absolute atomic E-state index is 6.17. The molecule has 1 aliphatic heterocycles. The van der Waals surface area contributed by atoms with Gasteiger partial charge in [-0.3, -0.25) is 0 Å². The van der Waals surface area contributed by atoms with Crippen molar-refractivity contribution in [3.05, 3.63) is 22.9 Å². The van der Waals surface area contributed by atoms with E-state index in [0.29, 0.717) is 0 Å². The summed E-state index contributed by atoms with van der Waals surface area (Å²) in [5.41, 5.74) is 3.76. The largest absolute Gasteiger partial charge is 0.473 e. The summed E-state index contributed by atoms with van der Waals surface area (Å²) in [6, 6.07) is 2.31. The van der Waals surface area contributed by atoms with Crippen molar-refractivity contribution in [2.45, 2.75) is 65.4 Å². The third kappa shape index (κ3) is 3.51. The van der Waals surface area contributed by atoms with Crippen molar-refractivity contribution < 1.29 is 4.74 Å². The summed E-state index contributed by atoms with van der Waals surface area (Å²) in [6.45, 7) is 13.0. The van der Waals surface area contributed by atoms with Crippen molar-refractivity contribution in [3.63, 3.8) is 0 Å². The Bertz CT molecular complexity index is 457. The van der Waals surface area contributed by atoms with E-state index >= 15 is 0 Å². The lowest BCUT2D eigenvalue weighted by Gasteiger charge is -2.25. The first kappa shape index (κ1) is 15.3. The van der Waals surface area contributed by atoms with Crippen LogP contribution in [0.15, 0.2) is 6.07 Å². The third-order valence-corrected chi connectivity index (χ3v) is 3.90. The molecule has 0 bridgehead atoms. The average Bonchev–Trinajstić information content (AvgIpc) is 2.84. The minimum absolute atomic E-state index is 0.0601. The summed E-state index contributed by atoms with van der Waals surface area (Å²) in [4.78, 5) is 4.77. The van der Waals surface area contributed by atoms with Crippen molar-refractivity contribution in [1.82, 2.24) is 10.3 Å². The number of nitrogens with one attached hydrogen (secondary N) is 1. The highest BCUT2D eigenvalue weighted by Crippen LogP contribution is 2.33. The Morgan fingerprint density at radius 1 is 1.40 bits per heavy atom. The standard InChI is InChI=1S/C17H28N2O/c1-6-7-13-10-15(17(3,4)5)16(19-12(13)2)20-14-8-9-18-11-14/h10,14,18H,6-9,11H2,1-5H3. The fourth-order valence-corrected chi connectivity index (χ4v) is 2.66. The molecule has 1 saturated heterocycles. The molecule has 0 spiro atoms. The zero-order valence-corrected chi connectivity index (χ0v) is 13.5. The molecule has 1 aliphatic rings. The van der Waals surface area contributed by atoms with Gasteiger partial charge >= 0.3 is 0 Å². The van der Waals surface area contributed by atoms with Crippen LogP contribution in [0.5, 0.6) is 5.88 Å². The molecule has 1 atom stereocenters. The Morgan fingerprint density at radius 2 is 2.15 bits per heavy atom. The molecule has 2 heterocycles. The Morgan fingerprint density at radius 3 is 2.70 bits per heavy atom. The molecule has 1 fully saturated rings. The minimum atomic E-state index is 0.0601. The van der Waals surface area contributed by atoms with Crippen LogP contribution in [-0.4, -0.2) is 24.2 Å². The molecule has 1 aromatic heterocycles. The van der Waals surface area contributed by atoms with Gasteiger partial charge in [0.05, 0.1) is 0 Å². The fourth-order valence-electron chi connectivity index (χ4n) is 2.66. The molecule has 0 saturated carbocycles. The van der Waals surface area contributed by atoms with E-state index in [0.717, 1.165) is 43.9 Å². The molecule has 1 N–H and O–H groups in total. The normalized spacial score (nSPS) is 19.4. The summed E-state index contributed by atoms with van der Waals surface area (Å²) < 4.78 is 6.17. The second-order valence-corrected chi connectivity index (χ2v) is 6.82. The lowest BCUT2D eigenvalue weighted by molar-refractivity contribution is 0.208. The number of ether oxygens (including phenoxy) is 1. The second kappa shape index (κ2) is 6.13. The molecular formula is C17H28N2O. The SMILES string of the molecule is CCCc1cc(C(C)(C)C)c(OC2CCNC2)nc1C. The maximum atomic E-state index is 6.17. The van der Waals surface area contributed by atoms with Gasteiger partial charge in [0.2, 0.25) is 5.88 Å². The van der Waals surface area contributed by atoms with Gasteiger partial charge in [0.25, 0.3) is 0 Å². The van der Waals surface area contributed by atoms with E-state index in [9.17, 15) is 0 Å². The molecule has 0 amide bonds. The summed E-state index contributed by atoms with van der Waals surface area (Å²) >= 11 is 0. The van der Waals surface area contributed by atoms with Gasteiger partial charge in [-0.1, -0.05) is 34.1 Å². The molecule has 3 nitrogen and oxygen atoms in total. The van der Waals surface area contributed by atoms with Crippen molar-refractivity contribution in [2.75, 3.05) is 13.1 Å². The van der Waals surface area contributed by atoms with Gasteiger partial charge < -0.3 is 10.1 Å². The van der Waals surface area contributed by atoms with Gasteiger partial charge in [0, 0.05) is 17.8 Å². The van der Waals surface area contributed by atoms with Gasteiger partial charge in [-0.05, 0) is 43.4 Å². The lowest BCUT2D eigenvalue weighted by atomic mass is 9.86. The fraction of sp³-hybridized carbons (Fsp3) is 0.706. The zero-order valence-electron chi connectivity index (χ0n) is 13.5. The van der Waals surface area contributed by atoms with Gasteiger partial charge in [-0.15, -0.1) is 0 Å². The molecule has 0 aliphatic carbocycles. The number of rotatable bonds is 4. The van der Waals surface area contributed by atoms with Crippen LogP contribution in [0.25, 0.3) is 0 Å². The van der Waals surface area contributed by atoms with Gasteiger partial charge in [0.15, 0.2) is 0 Å². The Balaban J connectivity index is 2.34. The van der Waals surface area contributed by atoms with Crippen LogP contribution in [0.4, 0.5) is 0 Å². The Labute approximate surface area is 123 Å². The molecule has 20 heavy (non-hydrogen) atoms. The van der Waals surface area contributed by atoms with E-state index in [-0.39, 0.29) is 11.5 Å². The van der Waals surface area contributed by atoms with Crippen LogP contribution in [0, 0.1) is 6.92 Å². The average molecular weight is 276 g/mol. The minimum Gasteiger partial charge on any atom is -0.473 e. The number of pyridine rings is 1. The smallest absolute Gasteiger partial charge is 0.217 e. The predicted octanol–water partition coefficient (Wildman–Crippen LogP) is 3.38. The van der Waals surface area contributed by atoms with E-state index in [1.807, 2.05) is 0 Å². The summed E-state index contributed by atoms with van der Waals surface area (Å²) in [5.74, 6) is 0.837. The van der Waals surface area contributed by atoms with Crippen LogP contribution in [0.2, 0.25) is 0 Å². The molecule has 112 valence electrons. The Hall–Kier alpha value is -1.09. The van der Waals surface area contributed by atoms with Crippen LogP contribution in [0.3, 0.4) is 0 Å². The van der Waals surface area contributed by atoms with Crippen LogP contribution >= 0.6 is 0 Å². The quantitative estimate of drug-likeness (QED) is 0.915. The van der Waals surface area contributed by atoms with Crippen molar-refractivity contribution >= 4 is 0 Å². The van der Waals surface area contributed by atoms with E-state index in [1.165, 1.54) is 11.1 Å². The first-order chi connectivity index (χ1) is 9.41. The monoisotopic (exact) mass is 276 g/mol. The molecule has 1 unspecified atom stereocenters. The van der Waals surface area contributed by atoms with Gasteiger partial charge in [-0.2, -0.15) is 0 Å². The number of aryl methyl sites for hydroxylation is 2. The van der Waals surface area contributed by atoms with Crippen molar-refractivity contribution in [2.24, 2.45) is 0 Å². The van der Waals surface area contributed by atoms with E-state index < -0.39 is 0 Å². The van der Waals surface area contributed by atoms with Crippen LogP contribution in [-0.2, 0) is 11.8 Å². The highest BCUT2D eigenvalue weighted by Gasteiger charge is 2.25. The number of aromatic nitrogens is 1. The topological polar surface area (TPSA) is 34.1 Å². The number of nitrogens with zero attached hydrogens (tertiary/aromatic N) is 1. The molecule has 2 rings (SSSR count). The van der Waals surface area contributed by atoms with Crippen LogP contribution < -0.4 is 10.1 Å². The lowest BCUT2D eigenvalue weighted by Crippen LogP contribution is -2.23. The maximum Gasteiger partial charge on any atom is 0.217 e. The highest BCUT2D eigenvalue weighted by atomic mass is 16.5. The second-order valence-electron chi connectivity index (χ2n) is 6.82. The summed E-state index contributed by atoms with van der Waals surface area (Å²) in [5, 5.41) is 3.34. The first-order valence-electron chi connectivity index (χ1n) is 7.80. The zero-order chi connectivity index (χ0) is 14.8. The summed E-state index contributed by atoms with van der Waals surface area (Å²) in [7, 11) is 0. The third-order valence-electron chi connectivity index (χ3n) is 3.90. The van der Waals surface area contributed by atoms with E-state index in [2.05, 4.69) is 46.0 Å². The molecule has 0 radical (unpaired) electrons. The van der Waals surface area contributed by atoms with E-state index in [1.54, 1.807) is 0 Å². The number of hydrogen-bond donors (Lipinski definition) is 1. The first-order valence-corrected chi connectivity index (χ1v) is 7.80. The van der Waals surface area contributed by atoms with Crippen molar-refractivity contribution in [3.8, 4) is 5.88 Å². The molecule has 0 aromatic carbocycles. The number of hydrogen-bond acceptors (Lipinski definition) is 3. The van der Waals surface area contributed by atoms with Crippen molar-refractivity contribution in [1.29, 1.82) is 0 Å². The summed E-state index contributed by atoms with van der Waals surface area (Å²) in [6.07, 6.45) is 3.58. The molecule has 1 aromatic rings. The van der Waals surface area contributed by atoms with Gasteiger partial charge in [0.1, 0.15) is 6.10 Å². The van der Waals surface area contributed by atoms with Gasteiger partial charge in [-0.25, -0.2) is 4.98 Å². The molecule has 3 heteroatoms. The van der Waals surface area contributed by atoms with E-state index in [4.69, 9.17) is 9.72 Å². The molecular weight excluding hydrogens is 248 g/mol. The Kier molecular flexibility index (Phi) is 4.69. The van der Waals surface area contributed by atoms with Crippen LogP contribution in [0.1, 0.15) is 57.4 Å².